The third kappa shape index (κ3) is 4.46. The molecule has 0 saturated heterocycles. The predicted molar refractivity (Wildman–Crippen MR) is 130 cm³/mol. The van der Waals surface area contributed by atoms with Crippen molar-refractivity contribution < 1.29 is 18.7 Å². The van der Waals surface area contributed by atoms with Gasteiger partial charge in [0.05, 0.1) is 18.9 Å². The number of halogens is 1. The molecule has 0 bridgehead atoms. The maximum absolute atomic E-state index is 13.6. The Kier molecular flexibility index (Phi) is 6.81. The molecule has 2 aromatic carbocycles. The van der Waals surface area contributed by atoms with E-state index < -0.39 is 17.4 Å². The lowest BCUT2D eigenvalue weighted by molar-refractivity contribution is 0.0997. The maximum Gasteiger partial charge on any atom is 0.335 e. The molecule has 9 nitrogen and oxygen atoms in total. The van der Waals surface area contributed by atoms with Gasteiger partial charge in [-0.25, -0.2) is 23.7 Å². The number of aryl methyl sites for hydroxylation is 1. The van der Waals surface area contributed by atoms with Crippen LogP contribution in [-0.2, 0) is 6.54 Å². The van der Waals surface area contributed by atoms with Gasteiger partial charge in [0.25, 0.3) is 5.91 Å². The quantitative estimate of drug-likeness (QED) is 0.392. The Hall–Kier alpha value is -4.21. The molecule has 2 aromatic heterocycles. The van der Waals surface area contributed by atoms with Crippen LogP contribution in [0.15, 0.2) is 47.3 Å². The van der Waals surface area contributed by atoms with Crippen molar-refractivity contribution >= 4 is 17.1 Å². The lowest BCUT2D eigenvalue weighted by Gasteiger charge is -2.13. The Bertz CT molecular complexity index is 1440. The number of nitrogens with zero attached hydrogens (tertiary/aromatic N) is 4. The zero-order chi connectivity index (χ0) is 25.1. The van der Waals surface area contributed by atoms with E-state index >= 15 is 0 Å². The molecule has 182 valence electrons. The van der Waals surface area contributed by atoms with E-state index in [-0.39, 0.29) is 29.2 Å². The molecule has 35 heavy (non-hydrogen) atoms. The van der Waals surface area contributed by atoms with Crippen LogP contribution in [0.1, 0.15) is 37.7 Å². The number of hydrogen-bond donors (Lipinski definition) is 1. The number of imidazole rings is 1. The summed E-state index contributed by atoms with van der Waals surface area (Å²) < 4.78 is 27.7. The summed E-state index contributed by atoms with van der Waals surface area (Å²) in [5.74, 6) is 0.0188. The summed E-state index contributed by atoms with van der Waals surface area (Å²) >= 11 is 0. The number of carbonyl (C=O) groups excluding carboxylic acids is 1. The molecule has 0 unspecified atom stereocenters. The average Bonchev–Trinajstić information content (AvgIpc) is 3.14. The molecule has 0 saturated carbocycles. The first kappa shape index (κ1) is 23.9. The molecule has 0 fully saturated rings. The minimum Gasteiger partial charge on any atom is -0.490 e. The Balaban J connectivity index is 1.99. The fourth-order valence-corrected chi connectivity index (χ4v) is 3.82. The largest absolute Gasteiger partial charge is 0.490 e. The van der Waals surface area contributed by atoms with Crippen molar-refractivity contribution in [3.05, 3.63) is 64.5 Å². The van der Waals surface area contributed by atoms with E-state index in [0.717, 1.165) is 6.42 Å². The van der Waals surface area contributed by atoms with Gasteiger partial charge in [-0.15, -0.1) is 0 Å². The molecule has 0 aliphatic rings. The molecule has 4 rings (SSSR count). The summed E-state index contributed by atoms with van der Waals surface area (Å²) in [6.45, 7) is 6.83. The second-order valence-corrected chi connectivity index (χ2v) is 7.71. The van der Waals surface area contributed by atoms with Crippen molar-refractivity contribution in [1.29, 1.82) is 0 Å². The van der Waals surface area contributed by atoms with Crippen molar-refractivity contribution in [1.82, 2.24) is 19.1 Å². The number of hydrogen-bond acceptors (Lipinski definition) is 6. The third-order valence-corrected chi connectivity index (χ3v) is 5.37. The summed E-state index contributed by atoms with van der Waals surface area (Å²) in [6.07, 6.45) is 0.838. The predicted octanol–water partition coefficient (Wildman–Crippen LogP) is 3.69. The van der Waals surface area contributed by atoms with Crippen LogP contribution in [0.3, 0.4) is 0 Å². The highest BCUT2D eigenvalue weighted by Gasteiger charge is 2.24. The van der Waals surface area contributed by atoms with Crippen LogP contribution >= 0.6 is 0 Å². The highest BCUT2D eigenvalue weighted by Crippen LogP contribution is 2.33. The second kappa shape index (κ2) is 9.96. The van der Waals surface area contributed by atoms with Gasteiger partial charge in [-0.3, -0.25) is 9.36 Å². The minimum absolute atomic E-state index is 0.0888. The molecule has 0 spiro atoms. The molecule has 2 heterocycles. The molecule has 10 heteroatoms. The van der Waals surface area contributed by atoms with Crippen molar-refractivity contribution in [2.45, 2.75) is 33.7 Å². The number of fused-ring (bicyclic) bond motifs is 1. The number of ether oxygens (including phenoxy) is 2. The summed E-state index contributed by atoms with van der Waals surface area (Å²) in [5, 5.41) is 0. The average molecular weight is 480 g/mol. The van der Waals surface area contributed by atoms with E-state index in [4.69, 9.17) is 15.2 Å². The molecule has 0 atom stereocenters. The smallest absolute Gasteiger partial charge is 0.335 e. The Labute approximate surface area is 200 Å². The molecule has 4 aromatic rings. The van der Waals surface area contributed by atoms with Gasteiger partial charge in [-0.1, -0.05) is 6.92 Å². The van der Waals surface area contributed by atoms with Gasteiger partial charge in [0.15, 0.2) is 28.7 Å². The maximum atomic E-state index is 13.6. The van der Waals surface area contributed by atoms with Crippen molar-refractivity contribution in [3.63, 3.8) is 0 Å². The number of aromatic nitrogens is 4. The van der Waals surface area contributed by atoms with Crippen LogP contribution in [0.25, 0.3) is 28.2 Å². The first-order valence-corrected chi connectivity index (χ1v) is 11.4. The molecular formula is C25H26FN5O4. The first-order chi connectivity index (χ1) is 16.9. The Morgan fingerprint density at radius 2 is 1.77 bits per heavy atom. The lowest BCUT2D eigenvalue weighted by atomic mass is 10.1. The molecule has 1 amide bonds. The van der Waals surface area contributed by atoms with E-state index in [2.05, 4.69) is 9.97 Å². The van der Waals surface area contributed by atoms with E-state index in [1.165, 1.54) is 33.4 Å². The van der Waals surface area contributed by atoms with Crippen molar-refractivity contribution in [2.75, 3.05) is 13.2 Å². The fourth-order valence-electron chi connectivity index (χ4n) is 3.82. The van der Waals surface area contributed by atoms with Gasteiger partial charge in [-0.05, 0) is 62.7 Å². The van der Waals surface area contributed by atoms with E-state index in [0.29, 0.717) is 36.0 Å². The van der Waals surface area contributed by atoms with Gasteiger partial charge in [0.2, 0.25) is 0 Å². The topological polar surface area (TPSA) is 114 Å². The van der Waals surface area contributed by atoms with E-state index in [9.17, 15) is 14.0 Å². The summed E-state index contributed by atoms with van der Waals surface area (Å²) in [7, 11) is 0. The number of carbonyl (C=O) groups is 1. The van der Waals surface area contributed by atoms with Crippen LogP contribution in [0.5, 0.6) is 11.5 Å². The molecule has 0 aliphatic carbocycles. The highest BCUT2D eigenvalue weighted by molar-refractivity contribution is 6.02. The molecule has 0 aliphatic heterocycles. The number of rotatable bonds is 9. The number of amides is 1. The second-order valence-electron chi connectivity index (χ2n) is 7.71. The lowest BCUT2D eigenvalue weighted by Crippen LogP contribution is -2.23. The van der Waals surface area contributed by atoms with E-state index in [1.54, 1.807) is 25.1 Å². The Morgan fingerprint density at radius 1 is 1.03 bits per heavy atom. The third-order valence-electron chi connectivity index (χ3n) is 5.37. The van der Waals surface area contributed by atoms with Crippen molar-refractivity contribution in [2.24, 2.45) is 5.73 Å². The van der Waals surface area contributed by atoms with Gasteiger partial charge in [0.1, 0.15) is 11.3 Å². The van der Waals surface area contributed by atoms with Gasteiger partial charge < -0.3 is 15.2 Å². The fraction of sp³-hybridized carbons (Fsp3) is 0.280. The Morgan fingerprint density at radius 3 is 2.40 bits per heavy atom. The summed E-state index contributed by atoms with van der Waals surface area (Å²) in [4.78, 5) is 34.8. The minimum atomic E-state index is -0.801. The van der Waals surface area contributed by atoms with Crippen LogP contribution < -0.4 is 20.9 Å². The number of nitrogens with two attached hydrogens (primary N) is 1. The van der Waals surface area contributed by atoms with Gasteiger partial charge in [0, 0.05) is 12.1 Å². The standard InChI is InChI=1S/C25H26FN5O4/c1-4-13-35-18-12-7-15(14-19(18)34-6-3)23-28-20(22(27)32)21-24(29-23)31(25(33)30(21)5-2)17-10-8-16(26)9-11-17/h7-12,14H,4-6,13H2,1-3H3,(H2,27,32). The normalized spacial score (nSPS) is 11.1. The summed E-state index contributed by atoms with van der Waals surface area (Å²) in [6, 6.07) is 10.6. The monoisotopic (exact) mass is 479 g/mol. The summed E-state index contributed by atoms with van der Waals surface area (Å²) in [5.41, 5.74) is 6.49. The highest BCUT2D eigenvalue weighted by atomic mass is 19.1. The molecule has 0 radical (unpaired) electrons. The molecule has 2 N–H and O–H groups in total. The zero-order valence-corrected chi connectivity index (χ0v) is 19.7. The SMILES string of the molecule is CCCOc1ccc(-c2nc(C(N)=O)c3c(n2)n(-c2ccc(F)cc2)c(=O)n3CC)cc1OCC. The van der Waals surface area contributed by atoms with Gasteiger partial charge >= 0.3 is 5.69 Å². The number of primary amides is 1. The zero-order valence-electron chi connectivity index (χ0n) is 19.7. The van der Waals surface area contributed by atoms with Crippen LogP contribution in [-0.4, -0.2) is 38.2 Å². The van der Waals surface area contributed by atoms with Crippen molar-refractivity contribution in [3.8, 4) is 28.6 Å². The van der Waals surface area contributed by atoms with Crippen LogP contribution in [0, 0.1) is 5.82 Å². The first-order valence-electron chi connectivity index (χ1n) is 11.4. The van der Waals surface area contributed by atoms with E-state index in [1.807, 2.05) is 13.8 Å². The van der Waals surface area contributed by atoms with Gasteiger partial charge in [-0.2, -0.15) is 0 Å². The molecular weight excluding hydrogens is 453 g/mol. The van der Waals surface area contributed by atoms with Crippen LogP contribution in [0.2, 0.25) is 0 Å². The number of benzene rings is 2. The van der Waals surface area contributed by atoms with Crippen LogP contribution in [0.4, 0.5) is 4.39 Å².